The third-order valence-corrected chi connectivity index (χ3v) is 3.47. The Morgan fingerprint density at radius 2 is 1.89 bits per heavy atom. The van der Waals surface area contributed by atoms with Crippen molar-refractivity contribution in [3.05, 3.63) is 0 Å². The second kappa shape index (κ2) is 11.8. The van der Waals surface area contributed by atoms with Crippen molar-refractivity contribution in [3.8, 4) is 0 Å². The monoisotopic (exact) mass is 382 g/mol. The molecule has 1 aliphatic heterocycles. The summed E-state index contributed by atoms with van der Waals surface area (Å²) < 4.78 is 0. The Morgan fingerprint density at radius 3 is 2.47 bits per heavy atom. The van der Waals surface area contributed by atoms with Crippen molar-refractivity contribution in [2.75, 3.05) is 32.7 Å². The molecular formula is C14H31IN4. The predicted octanol–water partition coefficient (Wildman–Crippen LogP) is 2.44. The summed E-state index contributed by atoms with van der Waals surface area (Å²) in [6, 6.07) is 0.484. The molecule has 2 N–H and O–H groups in total. The molecule has 0 radical (unpaired) electrons. The third kappa shape index (κ3) is 8.68. The first-order chi connectivity index (χ1) is 8.76. The van der Waals surface area contributed by atoms with Crippen LogP contribution >= 0.6 is 24.0 Å². The molecule has 19 heavy (non-hydrogen) atoms. The van der Waals surface area contributed by atoms with Gasteiger partial charge in [0.2, 0.25) is 0 Å². The number of likely N-dealkylation sites (tertiary alicyclic amines) is 1. The van der Waals surface area contributed by atoms with E-state index >= 15 is 0 Å². The minimum atomic E-state index is 0. The van der Waals surface area contributed by atoms with Gasteiger partial charge in [0, 0.05) is 19.1 Å². The van der Waals surface area contributed by atoms with Crippen LogP contribution in [0.25, 0.3) is 0 Å². The Labute approximate surface area is 135 Å². The van der Waals surface area contributed by atoms with Crippen LogP contribution in [0.15, 0.2) is 4.99 Å². The van der Waals surface area contributed by atoms with E-state index in [0.717, 1.165) is 32.0 Å². The number of hydrogen-bond acceptors (Lipinski definition) is 2. The number of nitrogens with zero attached hydrogens (tertiary/aromatic N) is 2. The second-order valence-corrected chi connectivity index (χ2v) is 5.12. The summed E-state index contributed by atoms with van der Waals surface area (Å²) in [5.74, 6) is 0.962. The Morgan fingerprint density at radius 1 is 1.21 bits per heavy atom. The Balaban J connectivity index is 0.00000324. The number of aliphatic imine (C=N–C) groups is 1. The van der Waals surface area contributed by atoms with Crippen LogP contribution in [0.1, 0.15) is 46.5 Å². The highest BCUT2D eigenvalue weighted by Gasteiger charge is 2.09. The molecule has 1 rings (SSSR count). The summed E-state index contributed by atoms with van der Waals surface area (Å²) in [4.78, 5) is 7.18. The van der Waals surface area contributed by atoms with Crippen LogP contribution in [-0.4, -0.2) is 49.6 Å². The quantitative estimate of drug-likeness (QED) is 0.421. The molecule has 0 aliphatic carbocycles. The largest absolute Gasteiger partial charge is 0.357 e. The van der Waals surface area contributed by atoms with Crippen LogP contribution < -0.4 is 10.6 Å². The smallest absolute Gasteiger partial charge is 0.191 e. The van der Waals surface area contributed by atoms with Crippen molar-refractivity contribution in [1.82, 2.24) is 15.5 Å². The average Bonchev–Trinajstić information content (AvgIpc) is 2.40. The highest BCUT2D eigenvalue weighted by molar-refractivity contribution is 14.0. The summed E-state index contributed by atoms with van der Waals surface area (Å²) in [6.07, 6.45) is 5.23. The molecule has 1 heterocycles. The minimum absolute atomic E-state index is 0. The van der Waals surface area contributed by atoms with Crippen molar-refractivity contribution in [3.63, 3.8) is 0 Å². The van der Waals surface area contributed by atoms with Crippen molar-refractivity contribution >= 4 is 29.9 Å². The number of halogens is 1. The SMILES string of the molecule is CCNC(=NCCN1CCCCC1)NC(C)CC.I. The zero-order valence-electron chi connectivity index (χ0n) is 12.7. The maximum absolute atomic E-state index is 4.65. The summed E-state index contributed by atoms with van der Waals surface area (Å²) in [7, 11) is 0. The van der Waals surface area contributed by atoms with E-state index in [2.05, 4.69) is 41.3 Å². The first-order valence-corrected chi connectivity index (χ1v) is 7.53. The zero-order chi connectivity index (χ0) is 13.2. The zero-order valence-corrected chi connectivity index (χ0v) is 15.1. The van der Waals surface area contributed by atoms with Crippen molar-refractivity contribution in [2.24, 2.45) is 4.99 Å². The maximum Gasteiger partial charge on any atom is 0.191 e. The van der Waals surface area contributed by atoms with Crippen LogP contribution in [0, 0.1) is 0 Å². The summed E-state index contributed by atoms with van der Waals surface area (Å²) in [5.41, 5.74) is 0. The molecule has 1 aliphatic rings. The number of piperidine rings is 1. The van der Waals surface area contributed by atoms with Crippen molar-refractivity contribution < 1.29 is 0 Å². The maximum atomic E-state index is 4.65. The molecule has 0 saturated carbocycles. The van der Waals surface area contributed by atoms with Gasteiger partial charge in [-0.3, -0.25) is 4.99 Å². The first-order valence-electron chi connectivity index (χ1n) is 7.53. The van der Waals surface area contributed by atoms with E-state index in [4.69, 9.17) is 0 Å². The molecule has 1 saturated heterocycles. The Hall–Kier alpha value is -0.0400. The van der Waals surface area contributed by atoms with E-state index in [1.165, 1.54) is 32.4 Å². The van der Waals surface area contributed by atoms with E-state index in [1.54, 1.807) is 0 Å². The second-order valence-electron chi connectivity index (χ2n) is 5.12. The first kappa shape index (κ1) is 19.0. The fourth-order valence-corrected chi connectivity index (χ4v) is 2.14. The molecule has 4 nitrogen and oxygen atoms in total. The van der Waals surface area contributed by atoms with Crippen LogP contribution in [0.5, 0.6) is 0 Å². The van der Waals surface area contributed by atoms with Gasteiger partial charge in [-0.05, 0) is 46.2 Å². The normalized spacial score (nSPS) is 18.6. The lowest BCUT2D eigenvalue weighted by Gasteiger charge is -2.25. The van der Waals surface area contributed by atoms with Crippen molar-refractivity contribution in [1.29, 1.82) is 0 Å². The predicted molar refractivity (Wildman–Crippen MR) is 94.6 cm³/mol. The Kier molecular flexibility index (Phi) is 11.7. The van der Waals surface area contributed by atoms with E-state index < -0.39 is 0 Å². The van der Waals surface area contributed by atoms with E-state index in [9.17, 15) is 0 Å². The van der Waals surface area contributed by atoms with E-state index in [0.29, 0.717) is 6.04 Å². The number of nitrogens with one attached hydrogen (secondary N) is 2. The molecule has 0 aromatic carbocycles. The van der Waals surface area contributed by atoms with Crippen LogP contribution in [-0.2, 0) is 0 Å². The van der Waals surface area contributed by atoms with Crippen LogP contribution in [0.4, 0.5) is 0 Å². The fraction of sp³-hybridized carbons (Fsp3) is 0.929. The number of hydrogen-bond donors (Lipinski definition) is 2. The summed E-state index contributed by atoms with van der Waals surface area (Å²) in [5, 5.41) is 6.73. The highest BCUT2D eigenvalue weighted by atomic mass is 127. The third-order valence-electron chi connectivity index (χ3n) is 3.47. The molecule has 0 amide bonds. The van der Waals surface area contributed by atoms with Gasteiger partial charge < -0.3 is 15.5 Å². The molecule has 1 fully saturated rings. The lowest BCUT2D eigenvalue weighted by atomic mass is 10.1. The molecule has 5 heteroatoms. The molecule has 1 unspecified atom stereocenters. The molecule has 0 aromatic heterocycles. The average molecular weight is 382 g/mol. The van der Waals surface area contributed by atoms with Gasteiger partial charge in [-0.15, -0.1) is 24.0 Å². The van der Waals surface area contributed by atoms with Gasteiger partial charge in [-0.1, -0.05) is 13.3 Å². The molecule has 1 atom stereocenters. The molecule has 0 aromatic rings. The molecule has 0 spiro atoms. The van der Waals surface area contributed by atoms with Crippen molar-refractivity contribution in [2.45, 2.75) is 52.5 Å². The number of guanidine groups is 1. The van der Waals surface area contributed by atoms with Gasteiger partial charge in [0.25, 0.3) is 0 Å². The number of rotatable bonds is 6. The standard InChI is InChI=1S/C14H30N4.HI/c1-4-13(3)17-14(15-5-2)16-9-12-18-10-7-6-8-11-18;/h13H,4-12H2,1-3H3,(H2,15,16,17);1H. The molecule has 0 bridgehead atoms. The molecular weight excluding hydrogens is 351 g/mol. The summed E-state index contributed by atoms with van der Waals surface area (Å²) >= 11 is 0. The van der Waals surface area contributed by atoms with Gasteiger partial charge in [-0.25, -0.2) is 0 Å². The topological polar surface area (TPSA) is 39.7 Å². The van der Waals surface area contributed by atoms with E-state index in [-0.39, 0.29) is 24.0 Å². The van der Waals surface area contributed by atoms with Gasteiger partial charge >= 0.3 is 0 Å². The highest BCUT2D eigenvalue weighted by Crippen LogP contribution is 2.07. The fourth-order valence-electron chi connectivity index (χ4n) is 2.14. The lowest BCUT2D eigenvalue weighted by molar-refractivity contribution is 0.235. The minimum Gasteiger partial charge on any atom is -0.357 e. The summed E-state index contributed by atoms with van der Waals surface area (Å²) in [6.45, 7) is 11.9. The van der Waals surface area contributed by atoms with Gasteiger partial charge in [0.05, 0.1) is 6.54 Å². The van der Waals surface area contributed by atoms with Crippen LogP contribution in [0.2, 0.25) is 0 Å². The van der Waals surface area contributed by atoms with Gasteiger partial charge in [0.1, 0.15) is 0 Å². The Bertz CT molecular complexity index is 240. The molecule has 114 valence electrons. The van der Waals surface area contributed by atoms with Gasteiger partial charge in [0.15, 0.2) is 5.96 Å². The lowest BCUT2D eigenvalue weighted by Crippen LogP contribution is -2.42. The van der Waals surface area contributed by atoms with E-state index in [1.807, 2.05) is 0 Å². The van der Waals surface area contributed by atoms with Crippen LogP contribution in [0.3, 0.4) is 0 Å². The van der Waals surface area contributed by atoms with Gasteiger partial charge in [-0.2, -0.15) is 0 Å².